The third kappa shape index (κ3) is 43.2. The summed E-state index contributed by atoms with van der Waals surface area (Å²) in [5.41, 5.74) is 17.5. The average Bonchev–Trinajstić information content (AvgIpc) is 0.852. The highest BCUT2D eigenvalue weighted by Crippen LogP contribution is 2.17. The van der Waals surface area contributed by atoms with E-state index in [1.807, 2.05) is 0 Å². The standard InChI is InChI=1S/C73H118N16O27.C2H4O2/c1-11-37(8)59(88-66(108)45(23-27-56(101)102)79-63(105)43(21-25-54(97)98)81-72(114)60(39(10)91)89-62(104)41(75)19-15-16-28-74)71(113)85-49(33-90)68(110)80-44(22-26-55(99)100)65(107)87-58(36(6)7)70(112)83-47(31-51(76)93)67(109)82-46(29-34(2)3)50(92)32-52(94)86-57(35(4)5)69(111)77-38(9)61(103)78-42(20-24-53(95)96)64(106)84-48(73(115)116)30-40-17-13-12-14-18-40;1-2(3)4/h12-14,17-18,34-39,41-50,57-60,90-92H,11,15-16,19-33,74-75H2,1-10H3,(H2,76,93)(H,77,111)(H,78,103)(H,79,105)(H,80,110)(H,81,114)(H,82,109)(H,83,112)(H,84,106)(H,85,113)(H,86,94)(H,87,107)(H,88,108)(H,89,104)(H,95,96)(H,97,98)(H,99,100)(H,101,102)(H,115,116);1H3,(H,3,4)/t37-,38-,39+,41-,42-,43-,44-,45-,46-,47-,48-,49-,50-,57-,58-,59-,60-;/m0./s1. The minimum atomic E-state index is -2.03. The summed E-state index contributed by atoms with van der Waals surface area (Å²) in [6.45, 7) is 14.6. The van der Waals surface area contributed by atoms with Crippen LogP contribution in [0.4, 0.5) is 0 Å². The Kier molecular flexibility index (Phi) is 50.6. The van der Waals surface area contributed by atoms with Gasteiger partial charge in [-0.15, -0.1) is 0 Å². The molecule has 0 heterocycles. The maximum absolute atomic E-state index is 14.2. The Labute approximate surface area is 692 Å². The molecule has 0 aliphatic heterocycles. The Morgan fingerprint density at radius 1 is 0.408 bits per heavy atom. The number of primary amides is 1. The van der Waals surface area contributed by atoms with Crippen LogP contribution in [0.3, 0.4) is 0 Å². The van der Waals surface area contributed by atoms with E-state index < -0.39 is 304 Å². The number of aliphatic carboxylic acids is 6. The normalized spacial score (nSPS) is 15.3. The van der Waals surface area contributed by atoms with Crippen molar-refractivity contribution in [3.05, 3.63) is 35.9 Å². The molecule has 0 bridgehead atoms. The van der Waals surface area contributed by atoms with E-state index in [0.717, 1.165) is 13.8 Å². The van der Waals surface area contributed by atoms with Gasteiger partial charge in [0, 0.05) is 39.0 Å². The van der Waals surface area contributed by atoms with Crippen molar-refractivity contribution in [3.8, 4) is 0 Å². The molecular formula is C75H122N16O29. The van der Waals surface area contributed by atoms with Crippen LogP contribution in [0.25, 0.3) is 0 Å². The second-order valence-corrected chi connectivity index (χ2v) is 29.8. The number of carboxylic acid groups (broad SMARTS) is 6. The van der Waals surface area contributed by atoms with Crippen LogP contribution in [0.1, 0.15) is 178 Å². The molecule has 14 amide bonds. The largest absolute Gasteiger partial charge is 0.481 e. The predicted octanol–water partition coefficient (Wildman–Crippen LogP) is -5.95. The molecule has 676 valence electrons. The van der Waals surface area contributed by atoms with Gasteiger partial charge in [0.15, 0.2) is 0 Å². The minimum Gasteiger partial charge on any atom is -0.481 e. The van der Waals surface area contributed by atoms with Crippen LogP contribution in [0.15, 0.2) is 30.3 Å². The maximum atomic E-state index is 14.2. The van der Waals surface area contributed by atoms with Crippen molar-refractivity contribution in [2.24, 2.45) is 40.9 Å². The summed E-state index contributed by atoms with van der Waals surface area (Å²) in [4.78, 5) is 260. The van der Waals surface area contributed by atoms with E-state index in [1.165, 1.54) is 41.5 Å². The smallest absolute Gasteiger partial charge is 0.326 e. The number of carbonyl (C=O) groups is 20. The molecule has 0 saturated carbocycles. The predicted molar refractivity (Wildman–Crippen MR) is 422 cm³/mol. The third-order valence-corrected chi connectivity index (χ3v) is 18.2. The van der Waals surface area contributed by atoms with Gasteiger partial charge in [-0.25, -0.2) is 4.79 Å². The fourth-order valence-corrected chi connectivity index (χ4v) is 11.3. The van der Waals surface area contributed by atoms with Crippen LogP contribution in [0, 0.1) is 23.7 Å². The molecule has 0 unspecified atom stereocenters. The molecule has 28 N–H and O–H groups in total. The van der Waals surface area contributed by atoms with Crippen molar-refractivity contribution in [3.63, 3.8) is 0 Å². The van der Waals surface area contributed by atoms with E-state index in [2.05, 4.69) is 69.1 Å². The molecule has 120 heavy (non-hydrogen) atoms. The van der Waals surface area contributed by atoms with Crippen LogP contribution < -0.4 is 86.3 Å². The summed E-state index contributed by atoms with van der Waals surface area (Å²) in [6.07, 6.45) is -9.90. The van der Waals surface area contributed by atoms with Crippen molar-refractivity contribution < 1.29 is 142 Å². The van der Waals surface area contributed by atoms with Gasteiger partial charge in [-0.3, -0.25) is 91.1 Å². The first-order valence-electron chi connectivity index (χ1n) is 38.9. The van der Waals surface area contributed by atoms with E-state index in [9.17, 15) is 132 Å². The Hall–Kier alpha value is -11.6. The molecule has 0 aliphatic rings. The highest BCUT2D eigenvalue weighted by molar-refractivity contribution is 6.00. The van der Waals surface area contributed by atoms with Crippen molar-refractivity contribution >= 4 is 119 Å². The van der Waals surface area contributed by atoms with E-state index in [4.69, 9.17) is 27.1 Å². The number of carboxylic acids is 6. The number of carbonyl (C=O) groups excluding carboxylic acids is 14. The van der Waals surface area contributed by atoms with Gasteiger partial charge in [0.1, 0.15) is 72.5 Å². The van der Waals surface area contributed by atoms with Gasteiger partial charge in [-0.2, -0.15) is 0 Å². The van der Waals surface area contributed by atoms with Crippen LogP contribution >= 0.6 is 0 Å². The third-order valence-electron chi connectivity index (χ3n) is 18.2. The number of rotatable bonds is 57. The molecule has 1 aromatic carbocycles. The van der Waals surface area contributed by atoms with Gasteiger partial charge in [0.25, 0.3) is 5.97 Å². The first-order chi connectivity index (χ1) is 55.9. The van der Waals surface area contributed by atoms with Crippen LogP contribution in [0.2, 0.25) is 0 Å². The molecule has 45 heteroatoms. The summed E-state index contributed by atoms with van der Waals surface area (Å²) in [5, 5.41) is 118. The van der Waals surface area contributed by atoms with Gasteiger partial charge in [-0.1, -0.05) is 98.6 Å². The van der Waals surface area contributed by atoms with Gasteiger partial charge in [-0.05, 0) is 94.6 Å². The minimum absolute atomic E-state index is 0.0752. The fourth-order valence-electron chi connectivity index (χ4n) is 11.3. The van der Waals surface area contributed by atoms with Crippen LogP contribution in [-0.4, -0.2) is 274 Å². The molecule has 0 fully saturated rings. The van der Waals surface area contributed by atoms with Crippen molar-refractivity contribution in [2.75, 3.05) is 13.2 Å². The van der Waals surface area contributed by atoms with Crippen LogP contribution in [0.5, 0.6) is 0 Å². The van der Waals surface area contributed by atoms with E-state index in [-0.39, 0.29) is 31.6 Å². The molecule has 45 nitrogen and oxygen atoms in total. The maximum Gasteiger partial charge on any atom is 0.326 e. The molecule has 1 rings (SSSR count). The second-order valence-electron chi connectivity index (χ2n) is 29.8. The zero-order chi connectivity index (χ0) is 92.1. The lowest BCUT2D eigenvalue weighted by atomic mass is 9.95. The van der Waals surface area contributed by atoms with Gasteiger partial charge in [0.2, 0.25) is 82.7 Å². The van der Waals surface area contributed by atoms with E-state index in [1.54, 1.807) is 51.1 Å². The van der Waals surface area contributed by atoms with E-state index in [0.29, 0.717) is 24.9 Å². The number of nitrogens with one attached hydrogen (secondary N) is 13. The van der Waals surface area contributed by atoms with Crippen LogP contribution in [-0.2, 0) is 102 Å². The lowest BCUT2D eigenvalue weighted by molar-refractivity contribution is -0.143. The first-order valence-corrected chi connectivity index (χ1v) is 38.9. The first kappa shape index (κ1) is 108. The summed E-state index contributed by atoms with van der Waals surface area (Å²) in [5.74, 6) is -26.8. The quantitative estimate of drug-likeness (QED) is 0.0270. The SMILES string of the molecule is CC(=O)O.CC[C@H](C)[C@H](NC(=O)[C@H](CCC(=O)O)NC(=O)[C@H](CCC(=O)O)NC(=O)[C@@H](NC(=O)[C@@H](N)CCCCN)[C@@H](C)O)C(=O)N[C@@H](CO)C(=O)N[C@@H](CCC(=O)O)C(=O)N[C@H](C(=O)N[C@@H](CC(N)=O)C(=O)N[C@@H](CC(C)C)[C@@H](O)CC(=O)N[C@H](C(=O)N[C@@H](C)C(=O)N[C@@H](CCC(=O)O)C(=O)N[C@@H](Cc1ccccc1)C(=O)O)C(C)C)C(C)C. The molecule has 0 aromatic heterocycles. The highest BCUT2D eigenvalue weighted by Gasteiger charge is 2.40. The number of aliphatic hydroxyl groups excluding tert-OH is 3. The topological polar surface area (TPSA) is 758 Å². The second kappa shape index (κ2) is 56.0. The Morgan fingerprint density at radius 3 is 1.18 bits per heavy atom. The lowest BCUT2D eigenvalue weighted by Gasteiger charge is -2.30. The Bertz CT molecular complexity index is 3640. The van der Waals surface area contributed by atoms with E-state index >= 15 is 0 Å². The molecule has 0 saturated heterocycles. The number of amides is 14. The van der Waals surface area contributed by atoms with Gasteiger partial charge >= 0.3 is 29.8 Å². The average molecular weight is 1710 g/mol. The zero-order valence-electron chi connectivity index (χ0n) is 69.1. The molecule has 0 spiro atoms. The number of unbranched alkanes of at least 4 members (excludes halogenated alkanes) is 1. The zero-order valence-corrected chi connectivity index (χ0v) is 69.1. The number of hydrogen-bond donors (Lipinski definition) is 25. The molecule has 1 aromatic rings. The lowest BCUT2D eigenvalue weighted by Crippen LogP contribution is -2.62. The summed E-state index contributed by atoms with van der Waals surface area (Å²) < 4.78 is 0. The molecule has 0 aliphatic carbocycles. The number of benzene rings is 1. The van der Waals surface area contributed by atoms with Crippen molar-refractivity contribution in [1.82, 2.24) is 69.1 Å². The molecular weight excluding hydrogens is 1590 g/mol. The number of aliphatic hydroxyl groups is 3. The molecule has 17 atom stereocenters. The van der Waals surface area contributed by atoms with Crippen molar-refractivity contribution in [1.29, 1.82) is 0 Å². The van der Waals surface area contributed by atoms with Gasteiger partial charge in [0.05, 0.1) is 43.7 Å². The summed E-state index contributed by atoms with van der Waals surface area (Å²) >= 11 is 0. The Balaban J connectivity index is 0.0000345. The number of nitrogens with two attached hydrogens (primary N) is 3. The summed E-state index contributed by atoms with van der Waals surface area (Å²) in [7, 11) is 0. The fraction of sp³-hybridized carbons (Fsp3) is 0.653. The highest BCUT2D eigenvalue weighted by atomic mass is 16.4. The monoisotopic (exact) mass is 1710 g/mol. The number of hydrogen-bond acceptors (Lipinski definition) is 25. The molecule has 0 radical (unpaired) electrons. The van der Waals surface area contributed by atoms with Crippen molar-refractivity contribution in [2.45, 2.75) is 276 Å². The van der Waals surface area contributed by atoms with Gasteiger partial charge < -0.3 is 132 Å². The Morgan fingerprint density at radius 2 is 0.775 bits per heavy atom. The summed E-state index contributed by atoms with van der Waals surface area (Å²) in [6, 6.07) is -15.0.